The fourth-order valence-electron chi connectivity index (χ4n) is 2.20. The summed E-state index contributed by atoms with van der Waals surface area (Å²) < 4.78 is 29.6. The number of rotatable bonds is 5. The Balaban J connectivity index is 2.32. The number of amides is 1. The molecule has 1 aromatic heterocycles. The number of carbonyl (C=O) groups is 1. The van der Waals surface area contributed by atoms with Crippen LogP contribution < -0.4 is 10.9 Å². The van der Waals surface area contributed by atoms with Gasteiger partial charge >= 0.3 is 0 Å². The number of nitrogens with zero attached hydrogens (tertiary/aromatic N) is 1. The molecule has 4 nitrogen and oxygen atoms in total. The first-order chi connectivity index (χ1) is 11.3. The summed E-state index contributed by atoms with van der Waals surface area (Å²) in [4.78, 5) is 22.8. The zero-order valence-corrected chi connectivity index (χ0v) is 13.5. The second-order valence-electron chi connectivity index (χ2n) is 5.59. The molecule has 0 aliphatic heterocycles. The Hall–Kier alpha value is -2.70. The van der Waals surface area contributed by atoms with E-state index >= 15 is 0 Å². The van der Waals surface area contributed by atoms with E-state index in [1.165, 1.54) is 29.7 Å². The van der Waals surface area contributed by atoms with Gasteiger partial charge in [0, 0.05) is 36.9 Å². The monoisotopic (exact) mass is 330 g/mol. The third-order valence-electron chi connectivity index (χ3n) is 3.59. The molecule has 0 atom stereocenters. The van der Waals surface area contributed by atoms with Crippen LogP contribution in [0, 0.1) is 11.6 Å². The second-order valence-corrected chi connectivity index (χ2v) is 5.59. The van der Waals surface area contributed by atoms with Gasteiger partial charge in [0.05, 0.1) is 6.54 Å². The van der Waals surface area contributed by atoms with Gasteiger partial charge in [-0.05, 0) is 11.6 Å². The number of aromatic nitrogens is 1. The lowest BCUT2D eigenvalue weighted by molar-refractivity contribution is -0.119. The molecule has 24 heavy (non-hydrogen) atoms. The highest BCUT2D eigenvalue weighted by molar-refractivity contribution is 6.41. The zero-order valence-electron chi connectivity index (χ0n) is 13.5. The predicted molar refractivity (Wildman–Crippen MR) is 91.3 cm³/mol. The molecule has 0 spiro atoms. The SMILES string of the molecule is BC(=C)c1ccc(=O)n(Cc2ccc(CNC(C)=O)c(F)c2F)c1. The average Bonchev–Trinajstić information content (AvgIpc) is 2.52. The Morgan fingerprint density at radius 2 is 1.83 bits per heavy atom. The largest absolute Gasteiger partial charge is 0.352 e. The van der Waals surface area contributed by atoms with Gasteiger partial charge in [0.15, 0.2) is 11.6 Å². The third-order valence-corrected chi connectivity index (χ3v) is 3.59. The first-order valence-corrected chi connectivity index (χ1v) is 7.36. The highest BCUT2D eigenvalue weighted by Crippen LogP contribution is 2.17. The van der Waals surface area contributed by atoms with Crippen LogP contribution in [0.3, 0.4) is 0 Å². The highest BCUT2D eigenvalue weighted by Gasteiger charge is 2.14. The first kappa shape index (κ1) is 17.7. The minimum Gasteiger partial charge on any atom is -0.352 e. The summed E-state index contributed by atoms with van der Waals surface area (Å²) in [6.07, 6.45) is 1.56. The van der Waals surface area contributed by atoms with Gasteiger partial charge in [-0.25, -0.2) is 8.78 Å². The van der Waals surface area contributed by atoms with Crippen LogP contribution in [0.15, 0.2) is 41.8 Å². The van der Waals surface area contributed by atoms with Gasteiger partial charge in [-0.2, -0.15) is 0 Å². The molecule has 0 bridgehead atoms. The Morgan fingerprint density at radius 1 is 1.21 bits per heavy atom. The van der Waals surface area contributed by atoms with Crippen molar-refractivity contribution in [2.75, 3.05) is 0 Å². The number of hydrogen-bond acceptors (Lipinski definition) is 2. The van der Waals surface area contributed by atoms with E-state index in [0.717, 1.165) is 11.0 Å². The molecule has 0 saturated heterocycles. The van der Waals surface area contributed by atoms with E-state index in [1.807, 2.05) is 0 Å². The molecule has 2 aromatic rings. The smallest absolute Gasteiger partial charge is 0.250 e. The van der Waals surface area contributed by atoms with Crippen molar-refractivity contribution in [3.8, 4) is 0 Å². The first-order valence-electron chi connectivity index (χ1n) is 7.36. The summed E-state index contributed by atoms with van der Waals surface area (Å²) in [5.41, 5.74) is 1.30. The van der Waals surface area contributed by atoms with Crippen molar-refractivity contribution in [2.24, 2.45) is 0 Å². The Labute approximate surface area is 139 Å². The lowest BCUT2D eigenvalue weighted by atomic mass is 9.91. The molecule has 0 unspecified atom stereocenters. The molecule has 1 N–H and O–H groups in total. The summed E-state index contributed by atoms with van der Waals surface area (Å²) in [5, 5.41) is 2.42. The van der Waals surface area contributed by atoms with E-state index < -0.39 is 11.6 Å². The van der Waals surface area contributed by atoms with E-state index in [4.69, 9.17) is 0 Å². The maximum Gasteiger partial charge on any atom is 0.250 e. The maximum atomic E-state index is 14.2. The molecule has 1 heterocycles. The molecule has 0 aliphatic rings. The van der Waals surface area contributed by atoms with Crippen molar-refractivity contribution in [2.45, 2.75) is 20.0 Å². The molecular formula is C17H17BF2N2O2. The van der Waals surface area contributed by atoms with Crippen LogP contribution in [-0.2, 0) is 17.9 Å². The molecule has 0 fully saturated rings. The van der Waals surface area contributed by atoms with Crippen molar-refractivity contribution >= 4 is 19.2 Å². The number of nitrogens with one attached hydrogen (secondary N) is 1. The molecule has 1 aromatic carbocycles. The fourth-order valence-corrected chi connectivity index (χ4v) is 2.20. The average molecular weight is 330 g/mol. The van der Waals surface area contributed by atoms with E-state index in [-0.39, 0.29) is 35.7 Å². The zero-order chi connectivity index (χ0) is 17.9. The van der Waals surface area contributed by atoms with Crippen LogP contribution in [0.25, 0.3) is 5.47 Å². The molecule has 1 amide bonds. The summed E-state index contributed by atoms with van der Waals surface area (Å²) in [6, 6.07) is 5.81. The molecule has 124 valence electrons. The number of benzene rings is 1. The van der Waals surface area contributed by atoms with E-state index in [0.29, 0.717) is 0 Å². The quantitative estimate of drug-likeness (QED) is 0.843. The van der Waals surface area contributed by atoms with Gasteiger partial charge < -0.3 is 9.88 Å². The number of halogens is 2. The van der Waals surface area contributed by atoms with Crippen molar-refractivity contribution in [1.82, 2.24) is 9.88 Å². The molecule has 7 heteroatoms. The topological polar surface area (TPSA) is 51.1 Å². The Morgan fingerprint density at radius 3 is 2.46 bits per heavy atom. The standard InChI is InChI=1S/C17H17BF2N2O2/c1-10(18)13-5-6-15(24)22(8-13)9-14-4-3-12(7-21-11(2)23)16(19)17(14)20/h3-6,8H,1,7,9,18H2,2H3,(H,21,23). The van der Waals surface area contributed by atoms with Gasteiger partial charge in [0.1, 0.15) is 7.85 Å². The minimum atomic E-state index is -1.02. The lowest BCUT2D eigenvalue weighted by Crippen LogP contribution is -2.22. The number of pyridine rings is 1. The number of carbonyl (C=O) groups excluding carboxylic acids is 1. The normalized spacial score (nSPS) is 10.5. The molecule has 0 aliphatic carbocycles. The van der Waals surface area contributed by atoms with Crippen LogP contribution >= 0.6 is 0 Å². The van der Waals surface area contributed by atoms with Gasteiger partial charge in [0.2, 0.25) is 5.91 Å². The van der Waals surface area contributed by atoms with Gasteiger partial charge in [-0.15, -0.1) is 6.58 Å². The van der Waals surface area contributed by atoms with E-state index in [2.05, 4.69) is 11.9 Å². The van der Waals surface area contributed by atoms with Crippen molar-refractivity contribution in [1.29, 1.82) is 0 Å². The molecule has 2 rings (SSSR count). The van der Waals surface area contributed by atoms with Crippen molar-refractivity contribution in [3.05, 3.63) is 75.7 Å². The van der Waals surface area contributed by atoms with Crippen molar-refractivity contribution in [3.63, 3.8) is 0 Å². The summed E-state index contributed by atoms with van der Waals surface area (Å²) in [7, 11) is 1.79. The second kappa shape index (κ2) is 7.25. The number of hydrogen-bond donors (Lipinski definition) is 1. The summed E-state index contributed by atoms with van der Waals surface area (Å²) in [6.45, 7) is 4.90. The van der Waals surface area contributed by atoms with Crippen LogP contribution in [-0.4, -0.2) is 18.3 Å². The summed E-state index contributed by atoms with van der Waals surface area (Å²) in [5.74, 6) is -2.38. The Bertz CT molecular complexity index is 862. The van der Waals surface area contributed by atoms with Gasteiger partial charge in [-0.1, -0.05) is 17.6 Å². The molecule has 0 saturated carbocycles. The van der Waals surface area contributed by atoms with Crippen LogP contribution in [0.4, 0.5) is 8.78 Å². The van der Waals surface area contributed by atoms with Crippen molar-refractivity contribution < 1.29 is 13.6 Å². The van der Waals surface area contributed by atoms with E-state index in [1.54, 1.807) is 20.1 Å². The highest BCUT2D eigenvalue weighted by atomic mass is 19.2. The third kappa shape index (κ3) is 3.98. The predicted octanol–water partition coefficient (Wildman–Crippen LogP) is 1.41. The molecule has 0 radical (unpaired) electrons. The fraction of sp³-hybridized carbons (Fsp3) is 0.176. The molecular weight excluding hydrogens is 313 g/mol. The van der Waals surface area contributed by atoms with Gasteiger partial charge in [-0.3, -0.25) is 9.59 Å². The van der Waals surface area contributed by atoms with Crippen LogP contribution in [0.5, 0.6) is 0 Å². The lowest BCUT2D eigenvalue weighted by Gasteiger charge is -2.12. The Kier molecular flexibility index (Phi) is 5.33. The summed E-state index contributed by atoms with van der Waals surface area (Å²) >= 11 is 0. The maximum absolute atomic E-state index is 14.2. The van der Waals surface area contributed by atoms with E-state index in [9.17, 15) is 18.4 Å². The van der Waals surface area contributed by atoms with Gasteiger partial charge in [0.25, 0.3) is 5.56 Å². The van der Waals surface area contributed by atoms with Crippen LogP contribution in [0.2, 0.25) is 0 Å². The minimum absolute atomic E-state index is 0.0504. The van der Waals surface area contributed by atoms with Crippen LogP contribution in [0.1, 0.15) is 23.6 Å².